The van der Waals surface area contributed by atoms with Crippen molar-refractivity contribution in [3.63, 3.8) is 0 Å². The van der Waals surface area contributed by atoms with E-state index in [9.17, 15) is 13.2 Å². The molecule has 1 aliphatic heterocycles. The number of carboxylic acid groups (broad SMARTS) is 1. The molecule has 0 aromatic heterocycles. The van der Waals surface area contributed by atoms with Crippen LogP contribution in [0.3, 0.4) is 0 Å². The van der Waals surface area contributed by atoms with Crippen LogP contribution in [-0.2, 0) is 14.8 Å². The monoisotopic (exact) mass is 263 g/mol. The summed E-state index contributed by atoms with van der Waals surface area (Å²) in [6, 6.07) is -0.861. The maximum absolute atomic E-state index is 12.1. The topological polar surface area (TPSA) is 74.7 Å². The molecule has 0 aromatic rings. The van der Waals surface area contributed by atoms with Gasteiger partial charge in [-0.1, -0.05) is 20.8 Å². The van der Waals surface area contributed by atoms with E-state index >= 15 is 0 Å². The number of carboxylic acids is 1. The molecule has 1 unspecified atom stereocenters. The van der Waals surface area contributed by atoms with Crippen LogP contribution in [0.15, 0.2) is 0 Å². The predicted molar refractivity (Wildman–Crippen MR) is 65.2 cm³/mol. The Morgan fingerprint density at radius 3 is 2.47 bits per heavy atom. The summed E-state index contributed by atoms with van der Waals surface area (Å²) in [4.78, 5) is 11.0. The van der Waals surface area contributed by atoms with E-state index in [1.54, 1.807) is 0 Å². The highest BCUT2D eigenvalue weighted by Crippen LogP contribution is 2.25. The van der Waals surface area contributed by atoms with Crippen LogP contribution in [0.5, 0.6) is 0 Å². The fraction of sp³-hybridized carbons (Fsp3) is 0.909. The highest BCUT2D eigenvalue weighted by molar-refractivity contribution is 7.89. The van der Waals surface area contributed by atoms with E-state index in [-0.39, 0.29) is 11.2 Å². The van der Waals surface area contributed by atoms with Crippen molar-refractivity contribution < 1.29 is 18.3 Å². The average Bonchev–Trinajstić information content (AvgIpc) is 2.62. The minimum absolute atomic E-state index is 0.0281. The number of aliphatic carboxylic acids is 1. The number of sulfonamides is 1. The van der Waals surface area contributed by atoms with Gasteiger partial charge in [-0.05, 0) is 24.7 Å². The molecule has 1 aliphatic rings. The molecule has 0 aliphatic carbocycles. The lowest BCUT2D eigenvalue weighted by Gasteiger charge is -2.24. The quantitative estimate of drug-likeness (QED) is 0.829. The summed E-state index contributed by atoms with van der Waals surface area (Å²) in [5, 5.41) is 8.97. The van der Waals surface area contributed by atoms with E-state index in [1.165, 1.54) is 0 Å². The molecule has 1 rings (SSSR count). The van der Waals surface area contributed by atoms with Crippen LogP contribution < -0.4 is 0 Å². The fourth-order valence-electron chi connectivity index (χ4n) is 1.87. The maximum Gasteiger partial charge on any atom is 0.322 e. The van der Waals surface area contributed by atoms with Crippen molar-refractivity contribution in [1.82, 2.24) is 4.31 Å². The van der Waals surface area contributed by atoms with Gasteiger partial charge in [0, 0.05) is 6.54 Å². The fourth-order valence-corrected chi connectivity index (χ4v) is 3.97. The highest BCUT2D eigenvalue weighted by atomic mass is 32.2. The Morgan fingerprint density at radius 1 is 1.41 bits per heavy atom. The SMILES string of the molecule is CC(C)(C)CCS(=O)(=O)N1CCCC1C(=O)O. The molecule has 1 fully saturated rings. The molecule has 17 heavy (non-hydrogen) atoms. The Balaban J connectivity index is 2.73. The van der Waals surface area contributed by atoms with Gasteiger partial charge in [0.15, 0.2) is 0 Å². The van der Waals surface area contributed by atoms with Crippen LogP contribution in [0.1, 0.15) is 40.0 Å². The molecule has 0 aromatic carbocycles. The van der Waals surface area contributed by atoms with Crippen molar-refractivity contribution in [2.24, 2.45) is 5.41 Å². The first-order chi connectivity index (χ1) is 7.63. The average molecular weight is 263 g/mol. The molecule has 0 radical (unpaired) electrons. The van der Waals surface area contributed by atoms with Gasteiger partial charge >= 0.3 is 5.97 Å². The number of rotatable bonds is 4. The van der Waals surface area contributed by atoms with Crippen LogP contribution in [0, 0.1) is 5.41 Å². The molecule has 0 amide bonds. The lowest BCUT2D eigenvalue weighted by molar-refractivity contribution is -0.140. The summed E-state index contributed by atoms with van der Waals surface area (Å²) in [7, 11) is -3.43. The van der Waals surface area contributed by atoms with Crippen LogP contribution in [0.2, 0.25) is 0 Å². The zero-order valence-electron chi connectivity index (χ0n) is 10.6. The minimum Gasteiger partial charge on any atom is -0.480 e. The molecule has 0 spiro atoms. The second kappa shape index (κ2) is 4.94. The van der Waals surface area contributed by atoms with Crippen molar-refractivity contribution in [2.75, 3.05) is 12.3 Å². The summed E-state index contributed by atoms with van der Waals surface area (Å²) in [5.74, 6) is -1.01. The van der Waals surface area contributed by atoms with E-state index in [0.29, 0.717) is 25.8 Å². The van der Waals surface area contributed by atoms with Crippen molar-refractivity contribution in [3.8, 4) is 0 Å². The Bertz CT molecular complexity index is 383. The van der Waals surface area contributed by atoms with Gasteiger partial charge in [0.05, 0.1) is 5.75 Å². The van der Waals surface area contributed by atoms with Crippen LogP contribution >= 0.6 is 0 Å². The third-order valence-corrected chi connectivity index (χ3v) is 4.83. The number of nitrogens with zero attached hydrogens (tertiary/aromatic N) is 1. The van der Waals surface area contributed by atoms with Gasteiger partial charge < -0.3 is 5.11 Å². The van der Waals surface area contributed by atoms with Gasteiger partial charge in [0.2, 0.25) is 10.0 Å². The normalized spacial score (nSPS) is 22.9. The van der Waals surface area contributed by atoms with Crippen molar-refractivity contribution in [1.29, 1.82) is 0 Å². The third kappa shape index (κ3) is 3.96. The number of carbonyl (C=O) groups is 1. The summed E-state index contributed by atoms with van der Waals surface area (Å²) >= 11 is 0. The second-order valence-corrected chi connectivity index (χ2v) is 7.77. The molecular formula is C11H21NO4S. The van der Waals surface area contributed by atoms with E-state index in [4.69, 9.17) is 5.11 Å². The predicted octanol–water partition coefficient (Wildman–Crippen LogP) is 1.30. The summed E-state index contributed by atoms with van der Waals surface area (Å²) in [6.07, 6.45) is 1.59. The highest BCUT2D eigenvalue weighted by Gasteiger charge is 2.38. The first kappa shape index (κ1) is 14.4. The van der Waals surface area contributed by atoms with Gasteiger partial charge in [0.1, 0.15) is 6.04 Å². The van der Waals surface area contributed by atoms with Gasteiger partial charge in [-0.15, -0.1) is 0 Å². The molecular weight excluding hydrogens is 242 g/mol. The summed E-state index contributed by atoms with van der Waals surface area (Å²) < 4.78 is 25.3. The lowest BCUT2D eigenvalue weighted by Crippen LogP contribution is -2.42. The molecule has 5 nitrogen and oxygen atoms in total. The summed E-state index contributed by atoms with van der Waals surface area (Å²) in [6.45, 7) is 6.26. The van der Waals surface area contributed by atoms with Crippen LogP contribution in [-0.4, -0.2) is 42.1 Å². The Morgan fingerprint density at radius 2 is 2.00 bits per heavy atom. The molecule has 6 heteroatoms. The zero-order chi connectivity index (χ0) is 13.3. The van der Waals surface area contributed by atoms with E-state index < -0.39 is 22.0 Å². The molecule has 1 heterocycles. The maximum atomic E-state index is 12.1. The second-order valence-electron chi connectivity index (χ2n) is 5.73. The van der Waals surface area contributed by atoms with Crippen LogP contribution in [0.25, 0.3) is 0 Å². The molecule has 1 N–H and O–H groups in total. The van der Waals surface area contributed by atoms with Gasteiger partial charge in [-0.3, -0.25) is 4.79 Å². The van der Waals surface area contributed by atoms with E-state index in [1.807, 2.05) is 20.8 Å². The first-order valence-electron chi connectivity index (χ1n) is 5.86. The van der Waals surface area contributed by atoms with E-state index in [2.05, 4.69) is 0 Å². The van der Waals surface area contributed by atoms with E-state index in [0.717, 1.165) is 4.31 Å². The molecule has 0 saturated carbocycles. The largest absolute Gasteiger partial charge is 0.480 e. The Kier molecular flexibility index (Phi) is 4.19. The zero-order valence-corrected chi connectivity index (χ0v) is 11.5. The minimum atomic E-state index is -3.43. The standard InChI is InChI=1S/C11H21NO4S/c1-11(2,3)6-8-17(15,16)12-7-4-5-9(12)10(13)14/h9H,4-8H2,1-3H3,(H,13,14). The van der Waals surface area contributed by atoms with Gasteiger partial charge in [0.25, 0.3) is 0 Å². The number of hydrogen-bond donors (Lipinski definition) is 1. The molecule has 0 bridgehead atoms. The Hall–Kier alpha value is -0.620. The lowest BCUT2D eigenvalue weighted by atomic mass is 9.94. The molecule has 1 atom stereocenters. The number of hydrogen-bond acceptors (Lipinski definition) is 3. The molecule has 100 valence electrons. The summed E-state index contributed by atoms with van der Waals surface area (Å²) in [5.41, 5.74) is -0.0640. The van der Waals surface area contributed by atoms with Crippen molar-refractivity contribution >= 4 is 16.0 Å². The van der Waals surface area contributed by atoms with Crippen LogP contribution in [0.4, 0.5) is 0 Å². The van der Waals surface area contributed by atoms with Gasteiger partial charge in [-0.25, -0.2) is 8.42 Å². The van der Waals surface area contributed by atoms with Crippen molar-refractivity contribution in [2.45, 2.75) is 46.1 Å². The van der Waals surface area contributed by atoms with Gasteiger partial charge in [-0.2, -0.15) is 4.31 Å². The smallest absolute Gasteiger partial charge is 0.322 e. The molecule has 1 saturated heterocycles. The first-order valence-corrected chi connectivity index (χ1v) is 7.47. The Labute approximate surface area is 103 Å². The third-order valence-electron chi connectivity index (χ3n) is 2.96. The van der Waals surface area contributed by atoms with Crippen molar-refractivity contribution in [3.05, 3.63) is 0 Å².